The Morgan fingerprint density at radius 3 is 2.67 bits per heavy atom. The SMILES string of the molecule is CCNc1nc(CSc2ccccc2)nc(COC)c1I. The molecule has 1 aromatic heterocycles. The van der Waals surface area contributed by atoms with E-state index >= 15 is 0 Å². The molecule has 1 heterocycles. The van der Waals surface area contributed by atoms with Gasteiger partial charge in [-0.1, -0.05) is 18.2 Å². The predicted molar refractivity (Wildman–Crippen MR) is 95.6 cm³/mol. The monoisotopic (exact) mass is 415 g/mol. The fourth-order valence-electron chi connectivity index (χ4n) is 1.79. The molecule has 1 N–H and O–H groups in total. The Morgan fingerprint density at radius 1 is 1.24 bits per heavy atom. The fourth-order valence-corrected chi connectivity index (χ4v) is 3.15. The summed E-state index contributed by atoms with van der Waals surface area (Å²) in [4.78, 5) is 10.4. The number of rotatable bonds is 7. The maximum Gasteiger partial charge on any atom is 0.143 e. The molecule has 21 heavy (non-hydrogen) atoms. The molecule has 4 nitrogen and oxygen atoms in total. The van der Waals surface area contributed by atoms with Crippen LogP contribution in [-0.4, -0.2) is 23.6 Å². The highest BCUT2D eigenvalue weighted by molar-refractivity contribution is 14.1. The van der Waals surface area contributed by atoms with Crippen LogP contribution in [0.2, 0.25) is 0 Å². The number of hydrogen-bond donors (Lipinski definition) is 1. The van der Waals surface area contributed by atoms with Gasteiger partial charge in [0.25, 0.3) is 0 Å². The van der Waals surface area contributed by atoms with E-state index in [2.05, 4.69) is 56.9 Å². The summed E-state index contributed by atoms with van der Waals surface area (Å²) in [6.45, 7) is 3.40. The molecule has 6 heteroatoms. The average molecular weight is 415 g/mol. The van der Waals surface area contributed by atoms with Gasteiger partial charge in [-0.05, 0) is 41.6 Å². The molecule has 2 rings (SSSR count). The van der Waals surface area contributed by atoms with Crippen molar-refractivity contribution in [3.8, 4) is 0 Å². The predicted octanol–water partition coefficient (Wildman–Crippen LogP) is 3.95. The largest absolute Gasteiger partial charge is 0.378 e. The van der Waals surface area contributed by atoms with Crippen LogP contribution in [0.1, 0.15) is 18.4 Å². The average Bonchev–Trinajstić information content (AvgIpc) is 2.51. The molecule has 0 fully saturated rings. The molecule has 0 bridgehead atoms. The van der Waals surface area contributed by atoms with Gasteiger partial charge < -0.3 is 10.1 Å². The number of methoxy groups -OCH3 is 1. The van der Waals surface area contributed by atoms with Crippen LogP contribution in [-0.2, 0) is 17.1 Å². The molecular weight excluding hydrogens is 397 g/mol. The molecule has 0 aliphatic heterocycles. The second-order valence-corrected chi connectivity index (χ2v) is 6.44. The van der Waals surface area contributed by atoms with E-state index in [1.54, 1.807) is 18.9 Å². The summed E-state index contributed by atoms with van der Waals surface area (Å²) >= 11 is 4.01. The zero-order valence-electron chi connectivity index (χ0n) is 12.1. The first kappa shape index (κ1) is 16.5. The minimum atomic E-state index is 0.502. The Labute approximate surface area is 143 Å². The Bertz CT molecular complexity index is 553. The lowest BCUT2D eigenvalue weighted by atomic mass is 10.4. The summed E-state index contributed by atoms with van der Waals surface area (Å²) in [5.41, 5.74) is 0.938. The molecule has 0 aliphatic carbocycles. The van der Waals surface area contributed by atoms with Gasteiger partial charge in [0.15, 0.2) is 0 Å². The van der Waals surface area contributed by atoms with Gasteiger partial charge in [-0.3, -0.25) is 0 Å². The molecule has 0 amide bonds. The third-order valence-corrected chi connectivity index (χ3v) is 4.84. The van der Waals surface area contributed by atoms with Gasteiger partial charge in [0.1, 0.15) is 11.6 Å². The maximum atomic E-state index is 5.23. The van der Waals surface area contributed by atoms with Crippen LogP contribution in [0.4, 0.5) is 5.82 Å². The van der Waals surface area contributed by atoms with Gasteiger partial charge >= 0.3 is 0 Å². The van der Waals surface area contributed by atoms with Crippen LogP contribution >= 0.6 is 34.4 Å². The molecule has 1 aromatic carbocycles. The smallest absolute Gasteiger partial charge is 0.143 e. The van der Waals surface area contributed by atoms with Crippen molar-refractivity contribution < 1.29 is 4.74 Å². The van der Waals surface area contributed by atoms with Crippen LogP contribution in [0.15, 0.2) is 35.2 Å². The fraction of sp³-hybridized carbons (Fsp3) is 0.333. The summed E-state index contributed by atoms with van der Waals surface area (Å²) < 4.78 is 6.26. The highest BCUT2D eigenvalue weighted by atomic mass is 127. The highest BCUT2D eigenvalue weighted by Crippen LogP contribution is 2.24. The molecule has 112 valence electrons. The van der Waals surface area contributed by atoms with E-state index in [0.29, 0.717) is 6.61 Å². The van der Waals surface area contributed by atoms with Crippen molar-refractivity contribution in [3.63, 3.8) is 0 Å². The first-order valence-electron chi connectivity index (χ1n) is 6.70. The number of nitrogens with one attached hydrogen (secondary N) is 1. The van der Waals surface area contributed by atoms with Gasteiger partial charge in [0, 0.05) is 18.6 Å². The molecule has 0 aliphatic rings. The zero-order valence-corrected chi connectivity index (χ0v) is 15.1. The minimum Gasteiger partial charge on any atom is -0.378 e. The van der Waals surface area contributed by atoms with E-state index in [9.17, 15) is 0 Å². The summed E-state index contributed by atoms with van der Waals surface area (Å²) in [5, 5.41) is 3.29. The molecule has 0 atom stereocenters. The van der Waals surface area contributed by atoms with E-state index in [0.717, 1.165) is 33.2 Å². The summed E-state index contributed by atoms with van der Waals surface area (Å²) in [6, 6.07) is 10.3. The summed E-state index contributed by atoms with van der Waals surface area (Å²) in [5.74, 6) is 2.46. The lowest BCUT2D eigenvalue weighted by Crippen LogP contribution is -2.10. The van der Waals surface area contributed by atoms with Gasteiger partial charge in [0.2, 0.25) is 0 Å². The summed E-state index contributed by atoms with van der Waals surface area (Å²) in [6.07, 6.45) is 0. The first-order chi connectivity index (χ1) is 10.2. The number of halogens is 1. The van der Waals surface area contributed by atoms with E-state index in [1.807, 2.05) is 18.2 Å². The molecule has 0 saturated carbocycles. The second kappa shape index (κ2) is 8.55. The minimum absolute atomic E-state index is 0.502. The van der Waals surface area contributed by atoms with E-state index in [1.165, 1.54) is 4.90 Å². The van der Waals surface area contributed by atoms with Gasteiger partial charge in [-0.15, -0.1) is 11.8 Å². The molecule has 0 saturated heterocycles. The maximum absolute atomic E-state index is 5.23. The second-order valence-electron chi connectivity index (χ2n) is 4.31. The van der Waals surface area contributed by atoms with Crippen molar-refractivity contribution in [2.45, 2.75) is 24.2 Å². The normalized spacial score (nSPS) is 10.6. The number of ether oxygens (including phenoxy) is 1. The van der Waals surface area contributed by atoms with Crippen molar-refractivity contribution >= 4 is 40.2 Å². The molecule has 0 unspecified atom stereocenters. The van der Waals surface area contributed by atoms with E-state index in [-0.39, 0.29) is 0 Å². The topological polar surface area (TPSA) is 47.0 Å². The number of aromatic nitrogens is 2. The Morgan fingerprint density at radius 2 is 2.00 bits per heavy atom. The molecular formula is C15H18IN3OS. The zero-order chi connectivity index (χ0) is 15.1. The quantitative estimate of drug-likeness (QED) is 0.548. The first-order valence-corrected chi connectivity index (χ1v) is 8.77. The van der Waals surface area contributed by atoms with Crippen molar-refractivity contribution in [2.75, 3.05) is 19.0 Å². The number of anilines is 1. The van der Waals surface area contributed by atoms with Crippen molar-refractivity contribution in [1.82, 2.24) is 9.97 Å². The molecule has 0 spiro atoms. The van der Waals surface area contributed by atoms with Gasteiger partial charge in [-0.2, -0.15) is 0 Å². The van der Waals surface area contributed by atoms with Crippen molar-refractivity contribution in [2.24, 2.45) is 0 Å². The number of benzene rings is 1. The third-order valence-electron chi connectivity index (χ3n) is 2.70. The molecule has 0 radical (unpaired) electrons. The van der Waals surface area contributed by atoms with Crippen molar-refractivity contribution in [3.05, 3.63) is 45.4 Å². The Kier molecular flexibility index (Phi) is 6.72. The van der Waals surface area contributed by atoms with Crippen LogP contribution < -0.4 is 5.32 Å². The van der Waals surface area contributed by atoms with Gasteiger partial charge in [0.05, 0.1) is 21.6 Å². The van der Waals surface area contributed by atoms with Crippen LogP contribution in [0.3, 0.4) is 0 Å². The number of nitrogens with zero attached hydrogens (tertiary/aromatic N) is 2. The highest BCUT2D eigenvalue weighted by Gasteiger charge is 2.12. The van der Waals surface area contributed by atoms with Crippen LogP contribution in [0, 0.1) is 3.57 Å². The summed E-state index contributed by atoms with van der Waals surface area (Å²) in [7, 11) is 1.68. The van der Waals surface area contributed by atoms with Crippen molar-refractivity contribution in [1.29, 1.82) is 0 Å². The standard InChI is InChI=1S/C15H18IN3OS/c1-3-17-15-14(16)12(9-20-2)18-13(19-15)10-21-11-7-5-4-6-8-11/h4-8H,3,9-10H2,1-2H3,(H,17,18,19). The lowest BCUT2D eigenvalue weighted by Gasteiger charge is -2.11. The van der Waals surface area contributed by atoms with E-state index in [4.69, 9.17) is 4.74 Å². The van der Waals surface area contributed by atoms with Crippen LogP contribution in [0.25, 0.3) is 0 Å². The van der Waals surface area contributed by atoms with E-state index < -0.39 is 0 Å². The Balaban J connectivity index is 2.18. The molecule has 2 aromatic rings. The number of thioether (sulfide) groups is 1. The third kappa shape index (κ3) is 4.82. The van der Waals surface area contributed by atoms with Crippen LogP contribution in [0.5, 0.6) is 0 Å². The number of hydrogen-bond acceptors (Lipinski definition) is 5. The lowest BCUT2D eigenvalue weighted by molar-refractivity contribution is 0.180. The Hall–Kier alpha value is -0.860. The van der Waals surface area contributed by atoms with Gasteiger partial charge in [-0.25, -0.2) is 9.97 Å².